The molecule has 1 N–H and O–H groups in total. The Kier molecular flexibility index (Phi) is 7.22. The average molecular weight is 332 g/mol. The van der Waals surface area contributed by atoms with E-state index < -0.39 is 0 Å². The molecule has 0 bridgehead atoms. The Labute approximate surface area is 147 Å². The fourth-order valence-electron chi connectivity index (χ4n) is 3.64. The number of likely N-dealkylation sites (tertiary alicyclic amines) is 1. The minimum absolute atomic E-state index is 0.0208. The molecular weight excluding hydrogens is 298 g/mol. The van der Waals surface area contributed by atoms with Gasteiger partial charge in [-0.2, -0.15) is 0 Å². The van der Waals surface area contributed by atoms with Crippen molar-refractivity contribution in [3.05, 3.63) is 30.1 Å². The van der Waals surface area contributed by atoms with Gasteiger partial charge in [-0.3, -0.25) is 9.78 Å². The summed E-state index contributed by atoms with van der Waals surface area (Å²) in [6.07, 6.45) is 4.75. The second kappa shape index (κ2) is 9.16. The number of hydrogen-bond donors (Lipinski definition) is 1. The number of hydrogen-bond acceptors (Lipinski definition) is 3. The molecule has 0 radical (unpaired) electrons. The highest BCUT2D eigenvalue weighted by Crippen LogP contribution is 2.29. The highest BCUT2D eigenvalue weighted by Gasteiger charge is 2.30. The molecular formula is C20H33N3O. The van der Waals surface area contributed by atoms with Gasteiger partial charge in [-0.15, -0.1) is 0 Å². The molecule has 1 aromatic rings. The van der Waals surface area contributed by atoms with E-state index in [0.29, 0.717) is 24.2 Å². The van der Waals surface area contributed by atoms with E-state index in [1.165, 1.54) is 13.0 Å². The molecule has 2 atom stereocenters. The first-order chi connectivity index (χ1) is 11.5. The van der Waals surface area contributed by atoms with Crippen molar-refractivity contribution in [2.24, 2.45) is 17.8 Å². The number of carbonyl (C=O) groups excluding carboxylic acids is 1. The summed E-state index contributed by atoms with van der Waals surface area (Å²) < 4.78 is 0. The first-order valence-electron chi connectivity index (χ1n) is 9.38. The normalized spacial score (nSPS) is 20.3. The number of nitrogens with zero attached hydrogens (tertiary/aromatic N) is 2. The van der Waals surface area contributed by atoms with Crippen LogP contribution in [0, 0.1) is 17.8 Å². The summed E-state index contributed by atoms with van der Waals surface area (Å²) in [6, 6.07) is 6.01. The molecule has 134 valence electrons. The summed E-state index contributed by atoms with van der Waals surface area (Å²) in [5.74, 6) is 1.62. The molecule has 1 fully saturated rings. The van der Waals surface area contributed by atoms with Crippen molar-refractivity contribution in [1.82, 2.24) is 15.2 Å². The van der Waals surface area contributed by atoms with Crippen molar-refractivity contribution < 1.29 is 4.79 Å². The van der Waals surface area contributed by atoms with E-state index in [9.17, 15) is 4.79 Å². The Morgan fingerprint density at radius 3 is 2.71 bits per heavy atom. The van der Waals surface area contributed by atoms with E-state index in [4.69, 9.17) is 0 Å². The number of aromatic nitrogens is 1. The number of amides is 1. The maximum Gasteiger partial charge on any atom is 0.220 e. The summed E-state index contributed by atoms with van der Waals surface area (Å²) >= 11 is 0. The third kappa shape index (κ3) is 5.90. The molecule has 0 unspecified atom stereocenters. The third-order valence-corrected chi connectivity index (χ3v) is 4.55. The van der Waals surface area contributed by atoms with Crippen LogP contribution in [-0.2, 0) is 4.79 Å². The van der Waals surface area contributed by atoms with E-state index in [-0.39, 0.29) is 11.9 Å². The molecule has 2 heterocycles. The van der Waals surface area contributed by atoms with Gasteiger partial charge in [0.15, 0.2) is 0 Å². The fourth-order valence-corrected chi connectivity index (χ4v) is 3.64. The van der Waals surface area contributed by atoms with Crippen molar-refractivity contribution in [2.45, 2.75) is 53.0 Å². The lowest BCUT2D eigenvalue weighted by molar-refractivity contribution is -0.123. The van der Waals surface area contributed by atoms with Crippen LogP contribution in [0.25, 0.3) is 0 Å². The van der Waals surface area contributed by atoms with Crippen molar-refractivity contribution in [3.8, 4) is 0 Å². The Bertz CT molecular complexity index is 501. The zero-order chi connectivity index (χ0) is 17.5. The Morgan fingerprint density at radius 2 is 2.08 bits per heavy atom. The third-order valence-electron chi connectivity index (χ3n) is 4.55. The highest BCUT2D eigenvalue weighted by molar-refractivity contribution is 5.76. The standard InChI is InChI=1S/C20H33N3O/c1-15(2)12-19(24)22-20(18-9-5-6-10-21-18)17-8-7-11-23(14-17)13-16(3)4/h5-6,9-10,15-17,20H,7-8,11-14H2,1-4H3,(H,22,24)/t17-,20-/m0/s1. The molecule has 0 aliphatic carbocycles. The van der Waals surface area contributed by atoms with Gasteiger partial charge in [-0.05, 0) is 49.3 Å². The van der Waals surface area contributed by atoms with Crippen molar-refractivity contribution in [3.63, 3.8) is 0 Å². The van der Waals surface area contributed by atoms with Gasteiger partial charge >= 0.3 is 0 Å². The van der Waals surface area contributed by atoms with Crippen molar-refractivity contribution >= 4 is 5.91 Å². The molecule has 0 saturated carbocycles. The molecule has 24 heavy (non-hydrogen) atoms. The number of pyridine rings is 1. The first kappa shape index (κ1) is 18.9. The molecule has 2 rings (SSSR count). The molecule has 4 heteroatoms. The van der Waals surface area contributed by atoms with Gasteiger partial charge in [-0.25, -0.2) is 0 Å². The summed E-state index contributed by atoms with van der Waals surface area (Å²) in [7, 11) is 0. The van der Waals surface area contributed by atoms with E-state index >= 15 is 0 Å². The number of piperidine rings is 1. The largest absolute Gasteiger partial charge is 0.347 e. The van der Waals surface area contributed by atoms with Gasteiger partial charge in [0.25, 0.3) is 0 Å². The number of nitrogens with one attached hydrogen (secondary N) is 1. The van der Waals surface area contributed by atoms with Crippen LogP contribution in [0.5, 0.6) is 0 Å². The van der Waals surface area contributed by atoms with Gasteiger partial charge in [-0.1, -0.05) is 33.8 Å². The van der Waals surface area contributed by atoms with Crippen LogP contribution >= 0.6 is 0 Å². The topological polar surface area (TPSA) is 45.2 Å². The molecule has 1 aliphatic rings. The minimum Gasteiger partial charge on any atom is -0.347 e. The zero-order valence-electron chi connectivity index (χ0n) is 15.7. The van der Waals surface area contributed by atoms with E-state index in [2.05, 4.69) is 42.9 Å². The Hall–Kier alpha value is -1.42. The van der Waals surface area contributed by atoms with E-state index in [1.807, 2.05) is 24.4 Å². The van der Waals surface area contributed by atoms with Crippen LogP contribution in [0.15, 0.2) is 24.4 Å². The lowest BCUT2D eigenvalue weighted by Gasteiger charge is -2.38. The molecule has 1 saturated heterocycles. The summed E-state index contributed by atoms with van der Waals surface area (Å²) in [6.45, 7) is 12.0. The maximum absolute atomic E-state index is 12.4. The van der Waals surface area contributed by atoms with E-state index in [0.717, 1.165) is 25.2 Å². The predicted molar refractivity (Wildman–Crippen MR) is 98.6 cm³/mol. The lowest BCUT2D eigenvalue weighted by Crippen LogP contribution is -2.44. The molecule has 1 aliphatic heterocycles. The van der Waals surface area contributed by atoms with Gasteiger partial charge in [0.2, 0.25) is 5.91 Å². The predicted octanol–water partition coefficient (Wildman–Crippen LogP) is 3.65. The Balaban J connectivity index is 2.11. The van der Waals surface area contributed by atoms with E-state index in [1.54, 1.807) is 0 Å². The van der Waals surface area contributed by atoms with Crippen molar-refractivity contribution in [2.75, 3.05) is 19.6 Å². The molecule has 4 nitrogen and oxygen atoms in total. The van der Waals surface area contributed by atoms with Crippen molar-refractivity contribution in [1.29, 1.82) is 0 Å². The van der Waals surface area contributed by atoms with Gasteiger partial charge < -0.3 is 10.2 Å². The summed E-state index contributed by atoms with van der Waals surface area (Å²) in [5.41, 5.74) is 0.992. The molecule has 1 amide bonds. The smallest absolute Gasteiger partial charge is 0.220 e. The Morgan fingerprint density at radius 1 is 1.29 bits per heavy atom. The van der Waals surface area contributed by atoms with Gasteiger partial charge in [0.05, 0.1) is 11.7 Å². The van der Waals surface area contributed by atoms with Crippen LogP contribution in [0.3, 0.4) is 0 Å². The van der Waals surface area contributed by atoms with Crippen LogP contribution in [-0.4, -0.2) is 35.4 Å². The number of carbonyl (C=O) groups is 1. The van der Waals surface area contributed by atoms with Crippen LogP contribution in [0.1, 0.15) is 58.7 Å². The van der Waals surface area contributed by atoms with Crippen LogP contribution in [0.4, 0.5) is 0 Å². The molecule has 0 spiro atoms. The highest BCUT2D eigenvalue weighted by atomic mass is 16.1. The summed E-state index contributed by atoms with van der Waals surface area (Å²) in [5, 5.41) is 3.28. The second-order valence-corrected chi connectivity index (χ2v) is 7.95. The molecule has 1 aromatic heterocycles. The number of rotatable bonds is 7. The van der Waals surface area contributed by atoms with Gasteiger partial charge in [0.1, 0.15) is 0 Å². The van der Waals surface area contributed by atoms with Crippen LogP contribution < -0.4 is 5.32 Å². The fraction of sp³-hybridized carbons (Fsp3) is 0.700. The SMILES string of the molecule is CC(C)CC(=O)N[C@H](c1ccccn1)[C@H]1CCCN(CC(C)C)C1. The monoisotopic (exact) mass is 331 g/mol. The maximum atomic E-state index is 12.4. The van der Waals surface area contributed by atoms with Crippen LogP contribution in [0.2, 0.25) is 0 Å². The molecule has 0 aromatic carbocycles. The summed E-state index contributed by atoms with van der Waals surface area (Å²) in [4.78, 5) is 19.5. The second-order valence-electron chi connectivity index (χ2n) is 7.95. The first-order valence-corrected chi connectivity index (χ1v) is 9.38. The minimum atomic E-state index is 0.0208. The van der Waals surface area contributed by atoms with Gasteiger partial charge in [0, 0.05) is 25.7 Å². The lowest BCUT2D eigenvalue weighted by atomic mass is 9.87. The zero-order valence-corrected chi connectivity index (χ0v) is 15.7. The average Bonchev–Trinajstić information content (AvgIpc) is 2.52. The quantitative estimate of drug-likeness (QED) is 0.829.